The molecule has 80 valence electrons. The minimum atomic E-state index is 0.288. The molecule has 3 nitrogen and oxygen atoms in total. The molecule has 0 aromatic carbocycles. The second kappa shape index (κ2) is 9.96. The topological polar surface area (TPSA) is 27.7 Å². The van der Waals surface area contributed by atoms with Crippen LogP contribution >= 0.6 is 0 Å². The first kappa shape index (κ1) is 12.9. The Morgan fingerprint density at radius 2 is 1.92 bits per heavy atom. The third-order valence-electron chi connectivity index (χ3n) is 1.85. The van der Waals surface area contributed by atoms with Crippen LogP contribution in [0.3, 0.4) is 0 Å². The molecular formula is C10H22O3. The molecule has 0 saturated heterocycles. The Kier molecular flexibility index (Phi) is 9.87. The van der Waals surface area contributed by atoms with Gasteiger partial charge in [-0.3, -0.25) is 0 Å². The van der Waals surface area contributed by atoms with Gasteiger partial charge in [-0.2, -0.15) is 0 Å². The van der Waals surface area contributed by atoms with E-state index in [4.69, 9.17) is 14.2 Å². The van der Waals surface area contributed by atoms with E-state index in [1.165, 1.54) is 0 Å². The first-order chi connectivity index (χ1) is 6.35. The Balaban J connectivity index is 3.41. The molecule has 1 atom stereocenters. The van der Waals surface area contributed by atoms with Crippen molar-refractivity contribution in [3.8, 4) is 0 Å². The minimum Gasteiger partial charge on any atom is -0.385 e. The molecule has 0 aliphatic heterocycles. The van der Waals surface area contributed by atoms with E-state index in [1.807, 2.05) is 6.92 Å². The number of hydrogen-bond acceptors (Lipinski definition) is 3. The summed E-state index contributed by atoms with van der Waals surface area (Å²) in [5, 5.41) is 0. The van der Waals surface area contributed by atoms with E-state index in [2.05, 4.69) is 6.92 Å². The summed E-state index contributed by atoms with van der Waals surface area (Å²) in [5.74, 6) is 0. The van der Waals surface area contributed by atoms with Crippen molar-refractivity contribution in [2.75, 3.05) is 27.1 Å². The van der Waals surface area contributed by atoms with Gasteiger partial charge >= 0.3 is 0 Å². The van der Waals surface area contributed by atoms with Gasteiger partial charge in [0, 0.05) is 20.3 Å². The van der Waals surface area contributed by atoms with Gasteiger partial charge in [0.15, 0.2) is 0 Å². The first-order valence-electron chi connectivity index (χ1n) is 5.03. The molecule has 0 bridgehead atoms. The van der Waals surface area contributed by atoms with Gasteiger partial charge in [0.25, 0.3) is 0 Å². The maximum atomic E-state index is 5.52. The zero-order valence-corrected chi connectivity index (χ0v) is 9.04. The van der Waals surface area contributed by atoms with Crippen LogP contribution in [-0.4, -0.2) is 33.2 Å². The van der Waals surface area contributed by atoms with Crippen molar-refractivity contribution in [1.82, 2.24) is 0 Å². The Bertz CT molecular complexity index is 96.2. The van der Waals surface area contributed by atoms with Gasteiger partial charge in [0.2, 0.25) is 0 Å². The summed E-state index contributed by atoms with van der Waals surface area (Å²) in [7, 11) is 1.71. The Hall–Kier alpha value is -0.120. The molecule has 0 heterocycles. The molecule has 3 heteroatoms. The first-order valence-corrected chi connectivity index (χ1v) is 5.03. The standard InChI is InChI=1S/C10H22O3/c1-4-6-10(7-8-11-3)13-9-12-5-2/h10H,4-9H2,1-3H3. The summed E-state index contributed by atoms with van der Waals surface area (Å²) >= 11 is 0. The average Bonchev–Trinajstić information content (AvgIpc) is 2.14. The van der Waals surface area contributed by atoms with Crippen LogP contribution in [0.1, 0.15) is 33.1 Å². The van der Waals surface area contributed by atoms with E-state index in [-0.39, 0.29) is 6.10 Å². The van der Waals surface area contributed by atoms with E-state index >= 15 is 0 Å². The molecular weight excluding hydrogens is 168 g/mol. The lowest BCUT2D eigenvalue weighted by Gasteiger charge is -2.16. The summed E-state index contributed by atoms with van der Waals surface area (Å²) in [4.78, 5) is 0. The third-order valence-corrected chi connectivity index (χ3v) is 1.85. The van der Waals surface area contributed by atoms with Gasteiger partial charge in [-0.15, -0.1) is 0 Å². The van der Waals surface area contributed by atoms with Crippen LogP contribution in [0.4, 0.5) is 0 Å². The maximum absolute atomic E-state index is 5.52. The summed E-state index contributed by atoms with van der Waals surface area (Å²) in [6.45, 7) is 6.00. The molecule has 0 N–H and O–H groups in total. The molecule has 0 fully saturated rings. The molecule has 13 heavy (non-hydrogen) atoms. The minimum absolute atomic E-state index is 0.288. The molecule has 0 spiro atoms. The highest BCUT2D eigenvalue weighted by Crippen LogP contribution is 2.06. The van der Waals surface area contributed by atoms with Gasteiger partial charge in [0.05, 0.1) is 6.10 Å². The molecule has 0 aliphatic rings. The highest BCUT2D eigenvalue weighted by Gasteiger charge is 2.06. The SMILES string of the molecule is CCCC(CCOC)OCOCC. The van der Waals surface area contributed by atoms with Crippen molar-refractivity contribution in [2.24, 2.45) is 0 Å². The fraction of sp³-hybridized carbons (Fsp3) is 1.00. The van der Waals surface area contributed by atoms with E-state index in [0.29, 0.717) is 13.4 Å². The lowest BCUT2D eigenvalue weighted by Crippen LogP contribution is -2.17. The summed E-state index contributed by atoms with van der Waals surface area (Å²) in [6, 6.07) is 0. The summed E-state index contributed by atoms with van der Waals surface area (Å²) in [6.07, 6.45) is 3.46. The second-order valence-electron chi connectivity index (χ2n) is 2.97. The van der Waals surface area contributed by atoms with Gasteiger partial charge in [0.1, 0.15) is 6.79 Å². The van der Waals surface area contributed by atoms with Gasteiger partial charge < -0.3 is 14.2 Å². The smallest absolute Gasteiger partial charge is 0.147 e. The van der Waals surface area contributed by atoms with Crippen molar-refractivity contribution in [3.05, 3.63) is 0 Å². The largest absolute Gasteiger partial charge is 0.385 e. The van der Waals surface area contributed by atoms with Gasteiger partial charge in [-0.05, 0) is 19.8 Å². The van der Waals surface area contributed by atoms with E-state index in [0.717, 1.165) is 25.9 Å². The highest BCUT2D eigenvalue weighted by molar-refractivity contribution is 4.55. The second-order valence-corrected chi connectivity index (χ2v) is 2.97. The number of ether oxygens (including phenoxy) is 3. The Morgan fingerprint density at radius 1 is 1.15 bits per heavy atom. The molecule has 0 radical (unpaired) electrons. The monoisotopic (exact) mass is 190 g/mol. The number of rotatable bonds is 9. The van der Waals surface area contributed by atoms with Crippen molar-refractivity contribution < 1.29 is 14.2 Å². The normalized spacial score (nSPS) is 13.2. The lowest BCUT2D eigenvalue weighted by atomic mass is 10.1. The van der Waals surface area contributed by atoms with Crippen LogP contribution in [0, 0.1) is 0 Å². The average molecular weight is 190 g/mol. The molecule has 0 aromatic heterocycles. The molecule has 0 aliphatic carbocycles. The van der Waals surface area contributed by atoms with Crippen molar-refractivity contribution >= 4 is 0 Å². The fourth-order valence-electron chi connectivity index (χ4n) is 1.11. The Labute approximate surface area is 81.4 Å². The van der Waals surface area contributed by atoms with Crippen LogP contribution in [0.25, 0.3) is 0 Å². The zero-order valence-electron chi connectivity index (χ0n) is 9.04. The quantitative estimate of drug-likeness (QED) is 0.412. The van der Waals surface area contributed by atoms with Crippen LogP contribution in [-0.2, 0) is 14.2 Å². The number of methoxy groups -OCH3 is 1. The predicted molar refractivity (Wildman–Crippen MR) is 52.8 cm³/mol. The van der Waals surface area contributed by atoms with Gasteiger partial charge in [-0.25, -0.2) is 0 Å². The van der Waals surface area contributed by atoms with Crippen LogP contribution in [0.15, 0.2) is 0 Å². The highest BCUT2D eigenvalue weighted by atomic mass is 16.7. The van der Waals surface area contributed by atoms with Crippen LogP contribution in [0.2, 0.25) is 0 Å². The summed E-state index contributed by atoms with van der Waals surface area (Å²) in [5.41, 5.74) is 0. The Morgan fingerprint density at radius 3 is 2.46 bits per heavy atom. The fourth-order valence-corrected chi connectivity index (χ4v) is 1.11. The summed E-state index contributed by atoms with van der Waals surface area (Å²) < 4.78 is 15.7. The van der Waals surface area contributed by atoms with Crippen LogP contribution in [0.5, 0.6) is 0 Å². The van der Waals surface area contributed by atoms with Crippen molar-refractivity contribution in [3.63, 3.8) is 0 Å². The van der Waals surface area contributed by atoms with Crippen molar-refractivity contribution in [1.29, 1.82) is 0 Å². The molecule has 0 amide bonds. The molecule has 0 saturated carbocycles. The number of hydrogen-bond donors (Lipinski definition) is 0. The zero-order chi connectivity index (χ0) is 9.94. The molecule has 0 aromatic rings. The van der Waals surface area contributed by atoms with E-state index in [1.54, 1.807) is 7.11 Å². The van der Waals surface area contributed by atoms with Gasteiger partial charge in [-0.1, -0.05) is 13.3 Å². The molecule has 0 rings (SSSR count). The third kappa shape index (κ3) is 8.22. The maximum Gasteiger partial charge on any atom is 0.147 e. The van der Waals surface area contributed by atoms with E-state index < -0.39 is 0 Å². The van der Waals surface area contributed by atoms with Crippen molar-refractivity contribution in [2.45, 2.75) is 39.2 Å². The lowest BCUT2D eigenvalue weighted by molar-refractivity contribution is -0.0944. The van der Waals surface area contributed by atoms with Crippen LogP contribution < -0.4 is 0 Å². The predicted octanol–water partition coefficient (Wildman–Crippen LogP) is 2.20. The molecule has 1 unspecified atom stereocenters. The van der Waals surface area contributed by atoms with E-state index in [9.17, 15) is 0 Å².